The zero-order chi connectivity index (χ0) is 16.6. The molecule has 0 unspecified atom stereocenters. The summed E-state index contributed by atoms with van der Waals surface area (Å²) in [7, 11) is 1.74. The van der Waals surface area contributed by atoms with Gasteiger partial charge in [-0.15, -0.1) is 0 Å². The number of aliphatic imine (C=N–C) groups is 1. The van der Waals surface area contributed by atoms with E-state index in [9.17, 15) is 0 Å². The second kappa shape index (κ2) is 6.19. The third-order valence-electron chi connectivity index (χ3n) is 4.81. The number of benzene rings is 2. The summed E-state index contributed by atoms with van der Waals surface area (Å²) in [6.45, 7) is 9.50. The van der Waals surface area contributed by atoms with E-state index in [1.807, 2.05) is 0 Å². The number of ether oxygens (including phenoxy) is 1. The quantitative estimate of drug-likeness (QED) is 0.817. The highest BCUT2D eigenvalue weighted by Crippen LogP contribution is 2.27. The van der Waals surface area contributed by atoms with Crippen molar-refractivity contribution in [1.29, 1.82) is 0 Å². The van der Waals surface area contributed by atoms with Crippen molar-refractivity contribution >= 4 is 5.71 Å². The number of aryl methyl sites for hydroxylation is 4. The summed E-state index contributed by atoms with van der Waals surface area (Å²) in [4.78, 5) is 4.82. The number of hydrogen-bond donors (Lipinski definition) is 0. The van der Waals surface area contributed by atoms with E-state index in [2.05, 4.69) is 52.0 Å². The summed E-state index contributed by atoms with van der Waals surface area (Å²) in [5, 5.41) is 0. The lowest BCUT2D eigenvalue weighted by atomic mass is 9.90. The molecule has 0 aromatic heterocycles. The van der Waals surface area contributed by atoms with Crippen molar-refractivity contribution in [2.75, 3.05) is 13.7 Å². The van der Waals surface area contributed by atoms with Gasteiger partial charge in [0.2, 0.25) is 0 Å². The van der Waals surface area contributed by atoms with Crippen molar-refractivity contribution in [3.8, 4) is 5.75 Å². The van der Waals surface area contributed by atoms with Crippen LogP contribution in [0.15, 0.2) is 29.3 Å². The van der Waals surface area contributed by atoms with Crippen molar-refractivity contribution in [3.63, 3.8) is 0 Å². The molecular formula is C21H25NO. The summed E-state index contributed by atoms with van der Waals surface area (Å²) in [5.41, 5.74) is 10.4. The van der Waals surface area contributed by atoms with Gasteiger partial charge in [0.25, 0.3) is 0 Å². The molecule has 1 aliphatic heterocycles. The lowest BCUT2D eigenvalue weighted by Crippen LogP contribution is -2.16. The maximum atomic E-state index is 5.48. The zero-order valence-corrected chi connectivity index (χ0v) is 14.8. The molecule has 0 saturated carbocycles. The van der Waals surface area contributed by atoms with Gasteiger partial charge in [0.05, 0.1) is 7.11 Å². The van der Waals surface area contributed by atoms with E-state index in [0.29, 0.717) is 0 Å². The van der Waals surface area contributed by atoms with Gasteiger partial charge in [0, 0.05) is 18.7 Å². The molecule has 0 spiro atoms. The Bertz CT molecular complexity index is 764. The Morgan fingerprint density at radius 3 is 2.22 bits per heavy atom. The standard InChI is InChI=1S/C21H25NO/c1-13-10-18-6-7-22-20(19(18)11-14(13)2)12-17-8-15(3)21(23-5)16(4)9-17/h8-11H,6-7,12H2,1-5H3. The molecule has 23 heavy (non-hydrogen) atoms. The molecule has 0 fully saturated rings. The van der Waals surface area contributed by atoms with Crippen LogP contribution in [0.3, 0.4) is 0 Å². The molecule has 2 nitrogen and oxygen atoms in total. The molecule has 3 rings (SSSR count). The van der Waals surface area contributed by atoms with E-state index in [4.69, 9.17) is 9.73 Å². The Kier molecular flexibility index (Phi) is 4.25. The molecular weight excluding hydrogens is 282 g/mol. The normalized spacial score (nSPS) is 13.5. The van der Waals surface area contributed by atoms with Crippen molar-refractivity contribution in [2.24, 2.45) is 4.99 Å². The molecule has 1 aliphatic rings. The van der Waals surface area contributed by atoms with Gasteiger partial charge in [-0.2, -0.15) is 0 Å². The van der Waals surface area contributed by atoms with E-state index in [-0.39, 0.29) is 0 Å². The van der Waals surface area contributed by atoms with E-state index in [1.165, 1.54) is 44.7 Å². The Hall–Kier alpha value is -2.09. The predicted molar refractivity (Wildman–Crippen MR) is 97.2 cm³/mol. The first-order chi connectivity index (χ1) is 11.0. The highest BCUT2D eigenvalue weighted by Gasteiger charge is 2.16. The van der Waals surface area contributed by atoms with Crippen LogP contribution in [0.4, 0.5) is 0 Å². The molecule has 0 bridgehead atoms. The molecule has 0 saturated heterocycles. The average Bonchev–Trinajstić information content (AvgIpc) is 2.49. The largest absolute Gasteiger partial charge is 0.496 e. The minimum absolute atomic E-state index is 0.890. The third kappa shape index (κ3) is 3.03. The van der Waals surface area contributed by atoms with Crippen molar-refractivity contribution in [3.05, 3.63) is 63.2 Å². The van der Waals surface area contributed by atoms with Gasteiger partial charge in [-0.25, -0.2) is 0 Å². The Balaban J connectivity index is 1.96. The molecule has 2 aromatic rings. The molecule has 0 atom stereocenters. The van der Waals surface area contributed by atoms with Gasteiger partial charge in [-0.05, 0) is 79.1 Å². The van der Waals surface area contributed by atoms with Gasteiger partial charge in [0.1, 0.15) is 5.75 Å². The maximum Gasteiger partial charge on any atom is 0.124 e. The first-order valence-electron chi connectivity index (χ1n) is 8.27. The molecule has 0 amide bonds. The van der Waals surface area contributed by atoms with Crippen molar-refractivity contribution < 1.29 is 4.74 Å². The number of nitrogens with zero attached hydrogens (tertiary/aromatic N) is 1. The van der Waals surface area contributed by atoms with Gasteiger partial charge >= 0.3 is 0 Å². The fourth-order valence-electron chi connectivity index (χ4n) is 3.56. The molecule has 2 heteroatoms. The minimum Gasteiger partial charge on any atom is -0.496 e. The molecule has 0 aliphatic carbocycles. The Morgan fingerprint density at radius 2 is 1.57 bits per heavy atom. The topological polar surface area (TPSA) is 21.6 Å². The summed E-state index contributed by atoms with van der Waals surface area (Å²) < 4.78 is 5.48. The van der Waals surface area contributed by atoms with Crippen LogP contribution in [-0.4, -0.2) is 19.4 Å². The molecule has 120 valence electrons. The number of hydrogen-bond acceptors (Lipinski definition) is 2. The first-order valence-corrected chi connectivity index (χ1v) is 8.27. The number of rotatable bonds is 3. The van der Waals surface area contributed by atoms with Crippen LogP contribution in [-0.2, 0) is 12.8 Å². The van der Waals surface area contributed by atoms with E-state index in [1.54, 1.807) is 7.11 Å². The number of fused-ring (bicyclic) bond motifs is 1. The van der Waals surface area contributed by atoms with Crippen molar-refractivity contribution in [1.82, 2.24) is 0 Å². The summed E-state index contributed by atoms with van der Waals surface area (Å²) in [6.07, 6.45) is 1.95. The fourth-order valence-corrected chi connectivity index (χ4v) is 3.56. The second-order valence-electron chi connectivity index (χ2n) is 6.61. The SMILES string of the molecule is COc1c(C)cc(CC2=NCCc3cc(C)c(C)cc32)cc1C. The smallest absolute Gasteiger partial charge is 0.124 e. The van der Waals surface area contributed by atoms with Crippen LogP contribution >= 0.6 is 0 Å². The Labute approximate surface area is 139 Å². The fraction of sp³-hybridized carbons (Fsp3) is 0.381. The minimum atomic E-state index is 0.890. The first kappa shape index (κ1) is 15.8. The predicted octanol–water partition coefficient (Wildman–Crippen LogP) is 4.52. The summed E-state index contributed by atoms with van der Waals surface area (Å²) in [6, 6.07) is 9.10. The van der Waals surface area contributed by atoms with Crippen LogP contribution in [0.25, 0.3) is 0 Å². The zero-order valence-electron chi connectivity index (χ0n) is 14.8. The highest BCUT2D eigenvalue weighted by atomic mass is 16.5. The van der Waals surface area contributed by atoms with E-state index < -0.39 is 0 Å². The van der Waals surface area contributed by atoms with Crippen molar-refractivity contribution in [2.45, 2.75) is 40.5 Å². The van der Waals surface area contributed by atoms with Crippen LogP contribution in [0.1, 0.15) is 38.9 Å². The molecule has 0 N–H and O–H groups in total. The van der Waals surface area contributed by atoms with Crippen LogP contribution in [0.2, 0.25) is 0 Å². The van der Waals surface area contributed by atoms with Gasteiger partial charge in [0.15, 0.2) is 0 Å². The maximum absolute atomic E-state index is 5.48. The average molecular weight is 307 g/mol. The lowest BCUT2D eigenvalue weighted by molar-refractivity contribution is 0.408. The molecule has 0 radical (unpaired) electrons. The second-order valence-corrected chi connectivity index (χ2v) is 6.61. The van der Waals surface area contributed by atoms with Gasteiger partial charge in [-0.3, -0.25) is 4.99 Å². The molecule has 1 heterocycles. The van der Waals surface area contributed by atoms with E-state index >= 15 is 0 Å². The van der Waals surface area contributed by atoms with E-state index in [0.717, 1.165) is 25.1 Å². The van der Waals surface area contributed by atoms with Crippen LogP contribution in [0.5, 0.6) is 5.75 Å². The monoisotopic (exact) mass is 307 g/mol. The summed E-state index contributed by atoms with van der Waals surface area (Å²) >= 11 is 0. The molecule has 2 aromatic carbocycles. The highest BCUT2D eigenvalue weighted by molar-refractivity contribution is 6.04. The van der Waals surface area contributed by atoms with Crippen LogP contribution < -0.4 is 4.74 Å². The Morgan fingerprint density at radius 1 is 0.913 bits per heavy atom. The number of methoxy groups -OCH3 is 1. The lowest BCUT2D eigenvalue weighted by Gasteiger charge is -2.20. The van der Waals surface area contributed by atoms with Gasteiger partial charge < -0.3 is 4.74 Å². The summed E-state index contributed by atoms with van der Waals surface area (Å²) in [5.74, 6) is 0.992. The van der Waals surface area contributed by atoms with Crippen LogP contribution in [0, 0.1) is 27.7 Å². The van der Waals surface area contributed by atoms with Gasteiger partial charge in [-0.1, -0.05) is 18.2 Å². The third-order valence-corrected chi connectivity index (χ3v) is 4.81.